The molecule has 0 unspecified atom stereocenters. The molecule has 0 atom stereocenters. The Morgan fingerprint density at radius 2 is 1.63 bits per heavy atom. The number of carboxylic acids is 1. The van der Waals surface area contributed by atoms with Crippen molar-refractivity contribution in [1.29, 1.82) is 0 Å². The number of aryl methyl sites for hydroxylation is 3. The minimum absolute atomic E-state index is 0.0739. The molecule has 1 aliphatic rings. The van der Waals surface area contributed by atoms with Crippen LogP contribution in [0, 0.1) is 6.92 Å². The summed E-state index contributed by atoms with van der Waals surface area (Å²) in [6, 6.07) is 11.0. The highest BCUT2D eigenvalue weighted by atomic mass is 16.5. The van der Waals surface area contributed by atoms with E-state index in [2.05, 4.69) is 11.4 Å². The van der Waals surface area contributed by atoms with Gasteiger partial charge in [0.1, 0.15) is 11.5 Å². The van der Waals surface area contributed by atoms with Crippen molar-refractivity contribution in [2.24, 2.45) is 0 Å². The third-order valence-electron chi connectivity index (χ3n) is 4.52. The smallest absolute Gasteiger partial charge is 0.341 e. The largest absolute Gasteiger partial charge is 0.484 e. The summed E-state index contributed by atoms with van der Waals surface area (Å²) in [4.78, 5) is 22.7. The Morgan fingerprint density at radius 1 is 0.963 bits per heavy atom. The number of hydrogen-bond donors (Lipinski definition) is 2. The van der Waals surface area contributed by atoms with E-state index in [9.17, 15) is 9.59 Å². The average Bonchev–Trinajstić information content (AvgIpc) is 2.66. The first-order valence-corrected chi connectivity index (χ1v) is 9.01. The van der Waals surface area contributed by atoms with Crippen molar-refractivity contribution in [2.75, 3.05) is 18.5 Å². The van der Waals surface area contributed by atoms with Crippen LogP contribution >= 0.6 is 0 Å². The fourth-order valence-electron chi connectivity index (χ4n) is 3.15. The number of hydrogen-bond acceptors (Lipinski definition) is 4. The number of ether oxygens (including phenoxy) is 2. The molecule has 2 aromatic rings. The van der Waals surface area contributed by atoms with Crippen LogP contribution in [0.4, 0.5) is 5.69 Å². The lowest BCUT2D eigenvalue weighted by Crippen LogP contribution is -2.20. The van der Waals surface area contributed by atoms with Crippen LogP contribution in [0.25, 0.3) is 0 Å². The Labute approximate surface area is 158 Å². The van der Waals surface area contributed by atoms with Gasteiger partial charge in [-0.05, 0) is 79.6 Å². The van der Waals surface area contributed by atoms with Crippen molar-refractivity contribution in [2.45, 2.75) is 32.6 Å². The second-order valence-electron chi connectivity index (χ2n) is 6.63. The van der Waals surface area contributed by atoms with Gasteiger partial charge in [0.25, 0.3) is 5.91 Å². The van der Waals surface area contributed by atoms with E-state index in [-0.39, 0.29) is 12.5 Å². The fraction of sp³-hybridized carbons (Fsp3) is 0.333. The van der Waals surface area contributed by atoms with E-state index in [1.807, 2.05) is 19.1 Å². The molecule has 6 heteroatoms. The molecule has 0 aliphatic heterocycles. The lowest BCUT2D eigenvalue weighted by Gasteiger charge is -2.17. The SMILES string of the molecule is Cc1cc(OCC(=O)O)ccc1NC(=O)COc1ccc2c(c1)CCCC2. The second kappa shape index (κ2) is 8.58. The predicted octanol–water partition coefficient (Wildman–Crippen LogP) is 3.35. The van der Waals surface area contributed by atoms with Gasteiger partial charge in [-0.25, -0.2) is 4.79 Å². The fourth-order valence-corrected chi connectivity index (χ4v) is 3.15. The van der Waals surface area contributed by atoms with Crippen molar-refractivity contribution in [1.82, 2.24) is 0 Å². The minimum Gasteiger partial charge on any atom is -0.484 e. The number of aliphatic carboxylic acids is 1. The molecule has 0 aromatic heterocycles. The zero-order chi connectivity index (χ0) is 19.2. The molecule has 0 spiro atoms. The molecular weight excluding hydrogens is 346 g/mol. The molecule has 27 heavy (non-hydrogen) atoms. The summed E-state index contributed by atoms with van der Waals surface area (Å²) in [7, 11) is 0. The first kappa shape index (κ1) is 18.8. The maximum atomic E-state index is 12.2. The Balaban J connectivity index is 1.54. The van der Waals surface area contributed by atoms with E-state index in [0.29, 0.717) is 17.2 Å². The molecule has 0 saturated heterocycles. The summed E-state index contributed by atoms with van der Waals surface area (Å²) in [5.41, 5.74) is 4.10. The first-order chi connectivity index (χ1) is 13.0. The van der Waals surface area contributed by atoms with Crippen LogP contribution in [0.3, 0.4) is 0 Å². The van der Waals surface area contributed by atoms with Crippen LogP contribution in [-0.2, 0) is 22.4 Å². The summed E-state index contributed by atoms with van der Waals surface area (Å²) in [6.07, 6.45) is 4.60. The predicted molar refractivity (Wildman–Crippen MR) is 102 cm³/mol. The topological polar surface area (TPSA) is 84.9 Å². The van der Waals surface area contributed by atoms with Crippen LogP contribution in [-0.4, -0.2) is 30.2 Å². The lowest BCUT2D eigenvalue weighted by atomic mass is 9.92. The molecule has 0 radical (unpaired) electrons. The minimum atomic E-state index is -1.04. The van der Waals surface area contributed by atoms with Gasteiger partial charge >= 0.3 is 5.97 Å². The summed E-state index contributed by atoms with van der Waals surface area (Å²) in [6.45, 7) is 1.34. The summed E-state index contributed by atoms with van der Waals surface area (Å²) in [5.74, 6) is -0.141. The number of fused-ring (bicyclic) bond motifs is 1. The number of amides is 1. The molecule has 6 nitrogen and oxygen atoms in total. The van der Waals surface area contributed by atoms with Gasteiger partial charge in [-0.15, -0.1) is 0 Å². The third-order valence-corrected chi connectivity index (χ3v) is 4.52. The monoisotopic (exact) mass is 369 g/mol. The molecule has 0 heterocycles. The molecule has 0 bridgehead atoms. The molecular formula is C21H23NO5. The maximum Gasteiger partial charge on any atom is 0.341 e. The zero-order valence-corrected chi connectivity index (χ0v) is 15.3. The molecule has 1 amide bonds. The van der Waals surface area contributed by atoms with Crippen LogP contribution < -0.4 is 14.8 Å². The van der Waals surface area contributed by atoms with Crippen molar-refractivity contribution < 1.29 is 24.2 Å². The molecule has 3 rings (SSSR count). The van der Waals surface area contributed by atoms with Crippen molar-refractivity contribution in [3.8, 4) is 11.5 Å². The standard InChI is InChI=1S/C21H23NO5/c1-14-10-17(27-13-21(24)25)8-9-19(14)22-20(23)12-26-18-7-6-15-4-2-3-5-16(15)11-18/h6-11H,2-5,12-13H2,1H3,(H,22,23)(H,24,25). The van der Waals surface area contributed by atoms with Gasteiger partial charge in [-0.3, -0.25) is 4.79 Å². The molecule has 142 valence electrons. The lowest BCUT2D eigenvalue weighted by molar-refractivity contribution is -0.139. The van der Waals surface area contributed by atoms with E-state index in [0.717, 1.165) is 18.4 Å². The number of nitrogens with one attached hydrogen (secondary N) is 1. The first-order valence-electron chi connectivity index (χ1n) is 9.01. The van der Waals surface area contributed by atoms with Crippen molar-refractivity contribution in [3.63, 3.8) is 0 Å². The van der Waals surface area contributed by atoms with E-state index in [4.69, 9.17) is 14.6 Å². The van der Waals surface area contributed by atoms with E-state index in [1.54, 1.807) is 18.2 Å². The van der Waals surface area contributed by atoms with Gasteiger partial charge < -0.3 is 19.9 Å². The zero-order valence-electron chi connectivity index (χ0n) is 15.3. The highest BCUT2D eigenvalue weighted by Crippen LogP contribution is 2.25. The van der Waals surface area contributed by atoms with Gasteiger partial charge in [0.05, 0.1) is 0 Å². The van der Waals surface area contributed by atoms with Crippen LogP contribution in [0.5, 0.6) is 11.5 Å². The normalized spacial score (nSPS) is 12.8. The van der Waals surface area contributed by atoms with Crippen molar-refractivity contribution >= 4 is 17.6 Å². The Morgan fingerprint density at radius 3 is 2.37 bits per heavy atom. The molecule has 0 fully saturated rings. The van der Waals surface area contributed by atoms with E-state index >= 15 is 0 Å². The average molecular weight is 369 g/mol. The maximum absolute atomic E-state index is 12.2. The van der Waals surface area contributed by atoms with Gasteiger partial charge in [0.2, 0.25) is 0 Å². The highest BCUT2D eigenvalue weighted by molar-refractivity contribution is 5.92. The number of carboxylic acid groups (broad SMARTS) is 1. The second-order valence-corrected chi connectivity index (χ2v) is 6.63. The van der Waals surface area contributed by atoms with Gasteiger partial charge in [-0.1, -0.05) is 6.07 Å². The number of benzene rings is 2. The summed E-state index contributed by atoms with van der Waals surface area (Å²) < 4.78 is 10.8. The van der Waals surface area contributed by atoms with E-state index < -0.39 is 12.6 Å². The molecule has 0 saturated carbocycles. The highest BCUT2D eigenvalue weighted by Gasteiger charge is 2.11. The number of carbonyl (C=O) groups excluding carboxylic acids is 1. The number of rotatable bonds is 7. The van der Waals surface area contributed by atoms with Gasteiger partial charge in [-0.2, -0.15) is 0 Å². The van der Waals surface area contributed by atoms with Crippen LogP contribution in [0.15, 0.2) is 36.4 Å². The van der Waals surface area contributed by atoms with Crippen LogP contribution in [0.2, 0.25) is 0 Å². The Bertz CT molecular complexity index is 846. The number of carbonyl (C=O) groups is 2. The Hall–Kier alpha value is -3.02. The summed E-state index contributed by atoms with van der Waals surface area (Å²) in [5, 5.41) is 11.4. The third kappa shape index (κ3) is 5.23. The van der Waals surface area contributed by atoms with E-state index in [1.165, 1.54) is 24.0 Å². The van der Waals surface area contributed by atoms with Gasteiger partial charge in [0, 0.05) is 5.69 Å². The van der Waals surface area contributed by atoms with Crippen LogP contribution in [0.1, 0.15) is 29.5 Å². The quantitative estimate of drug-likeness (QED) is 0.782. The molecule has 2 N–H and O–H groups in total. The molecule has 2 aromatic carbocycles. The van der Waals surface area contributed by atoms with Crippen molar-refractivity contribution in [3.05, 3.63) is 53.1 Å². The molecule has 1 aliphatic carbocycles. The summed E-state index contributed by atoms with van der Waals surface area (Å²) >= 11 is 0. The van der Waals surface area contributed by atoms with Gasteiger partial charge in [0.15, 0.2) is 13.2 Å². The Kier molecular flexibility index (Phi) is 5.96. The number of anilines is 1.